The van der Waals surface area contributed by atoms with Crippen LogP contribution in [-0.4, -0.2) is 23.1 Å². The first-order valence-electron chi connectivity index (χ1n) is 3.57. The van der Waals surface area contributed by atoms with E-state index in [-0.39, 0.29) is 45.4 Å². The SMILES string of the molecule is CC(C)(C)c1cc[c-]cc1.[Br-].[Mg+2]. The third-order valence-electron chi connectivity index (χ3n) is 1.58. The molecule has 12 heavy (non-hydrogen) atoms. The van der Waals surface area contributed by atoms with Crippen molar-refractivity contribution in [2.24, 2.45) is 0 Å². The molecule has 0 bridgehead atoms. The molecule has 0 saturated carbocycles. The first-order valence-corrected chi connectivity index (χ1v) is 3.57. The Balaban J connectivity index is 0. The number of benzene rings is 1. The molecule has 0 N–H and O–H groups in total. The topological polar surface area (TPSA) is 0 Å². The first kappa shape index (κ1) is 15.0. The second-order valence-corrected chi connectivity index (χ2v) is 3.54. The molecule has 0 spiro atoms. The van der Waals surface area contributed by atoms with Crippen LogP contribution in [0.15, 0.2) is 24.3 Å². The van der Waals surface area contributed by atoms with Gasteiger partial charge in [-0.2, -0.15) is 35.9 Å². The molecule has 0 radical (unpaired) electrons. The van der Waals surface area contributed by atoms with Gasteiger partial charge in [0.05, 0.1) is 0 Å². The van der Waals surface area contributed by atoms with Crippen LogP contribution in [-0.2, 0) is 5.41 Å². The van der Waals surface area contributed by atoms with Gasteiger partial charge < -0.3 is 17.0 Å². The van der Waals surface area contributed by atoms with E-state index in [4.69, 9.17) is 0 Å². The van der Waals surface area contributed by atoms with E-state index in [9.17, 15) is 0 Å². The standard InChI is InChI=1S/C10H13.BrH.Mg/c1-10(2,3)9-7-5-4-6-8-9;;/h5-8H,1-3H3;1H;/q-1;;+2/p-1. The van der Waals surface area contributed by atoms with Crippen molar-refractivity contribution < 1.29 is 17.0 Å². The first-order chi connectivity index (χ1) is 4.61. The second-order valence-electron chi connectivity index (χ2n) is 3.54. The van der Waals surface area contributed by atoms with Crippen molar-refractivity contribution in [3.05, 3.63) is 35.9 Å². The maximum Gasteiger partial charge on any atom is 2.00 e. The van der Waals surface area contributed by atoms with E-state index < -0.39 is 0 Å². The van der Waals surface area contributed by atoms with E-state index in [2.05, 4.69) is 39.0 Å². The Hall–Kier alpha value is 0.466. The van der Waals surface area contributed by atoms with Crippen molar-refractivity contribution >= 4 is 23.1 Å². The normalized spacial score (nSPS) is 9.58. The van der Waals surface area contributed by atoms with Gasteiger partial charge in [-0.25, -0.2) is 0 Å². The van der Waals surface area contributed by atoms with E-state index in [1.165, 1.54) is 5.56 Å². The van der Waals surface area contributed by atoms with Crippen LogP contribution in [0.4, 0.5) is 0 Å². The summed E-state index contributed by atoms with van der Waals surface area (Å²) in [4.78, 5) is 0. The zero-order chi connectivity index (χ0) is 7.61. The Morgan fingerprint density at radius 1 is 1.08 bits per heavy atom. The van der Waals surface area contributed by atoms with Crippen LogP contribution in [0.1, 0.15) is 26.3 Å². The van der Waals surface area contributed by atoms with Gasteiger partial charge in [0.15, 0.2) is 0 Å². The van der Waals surface area contributed by atoms with Crippen LogP contribution in [0.2, 0.25) is 0 Å². The summed E-state index contributed by atoms with van der Waals surface area (Å²) >= 11 is 0. The zero-order valence-electron chi connectivity index (χ0n) is 7.89. The third kappa shape index (κ3) is 4.48. The summed E-state index contributed by atoms with van der Waals surface area (Å²) in [5.74, 6) is 0. The fourth-order valence-corrected chi connectivity index (χ4v) is 0.887. The predicted molar refractivity (Wildman–Crippen MR) is 49.7 cm³/mol. The third-order valence-corrected chi connectivity index (χ3v) is 1.58. The summed E-state index contributed by atoms with van der Waals surface area (Å²) in [5, 5.41) is 0. The number of hydrogen-bond acceptors (Lipinski definition) is 0. The van der Waals surface area contributed by atoms with Crippen LogP contribution in [0.25, 0.3) is 0 Å². The number of rotatable bonds is 0. The largest absolute Gasteiger partial charge is 2.00 e. The molecule has 0 aliphatic rings. The molecular weight excluding hydrogens is 224 g/mol. The summed E-state index contributed by atoms with van der Waals surface area (Å²) in [6.45, 7) is 6.63. The van der Waals surface area contributed by atoms with Gasteiger partial charge in [-0.1, -0.05) is 20.8 Å². The van der Waals surface area contributed by atoms with Crippen LogP contribution >= 0.6 is 0 Å². The minimum Gasteiger partial charge on any atom is -1.00 e. The molecule has 0 atom stereocenters. The fourth-order valence-electron chi connectivity index (χ4n) is 0.887. The Labute approximate surface area is 102 Å². The van der Waals surface area contributed by atoms with Crippen molar-refractivity contribution in [2.45, 2.75) is 26.2 Å². The Morgan fingerprint density at radius 3 is 1.75 bits per heavy atom. The van der Waals surface area contributed by atoms with Crippen LogP contribution < -0.4 is 17.0 Å². The van der Waals surface area contributed by atoms with Crippen molar-refractivity contribution in [1.29, 1.82) is 0 Å². The molecular formula is C10H13BrMg. The molecule has 0 aliphatic heterocycles. The molecule has 0 saturated heterocycles. The van der Waals surface area contributed by atoms with E-state index >= 15 is 0 Å². The van der Waals surface area contributed by atoms with Gasteiger partial charge >= 0.3 is 23.1 Å². The zero-order valence-corrected chi connectivity index (χ0v) is 10.9. The van der Waals surface area contributed by atoms with E-state index in [0.29, 0.717) is 0 Å². The van der Waals surface area contributed by atoms with Gasteiger partial charge in [-0.3, -0.25) is 0 Å². The van der Waals surface area contributed by atoms with Gasteiger partial charge in [-0.15, -0.1) is 0 Å². The molecule has 62 valence electrons. The molecule has 1 aromatic carbocycles. The molecule has 2 heteroatoms. The van der Waals surface area contributed by atoms with Crippen molar-refractivity contribution in [1.82, 2.24) is 0 Å². The molecule has 0 nitrogen and oxygen atoms in total. The van der Waals surface area contributed by atoms with Crippen LogP contribution in [0, 0.1) is 6.07 Å². The fraction of sp³-hybridized carbons (Fsp3) is 0.400. The van der Waals surface area contributed by atoms with E-state index in [1.807, 2.05) is 12.1 Å². The van der Waals surface area contributed by atoms with E-state index in [0.717, 1.165) is 0 Å². The summed E-state index contributed by atoms with van der Waals surface area (Å²) in [7, 11) is 0. The van der Waals surface area contributed by atoms with Gasteiger partial charge in [-0.05, 0) is 5.41 Å². The van der Waals surface area contributed by atoms with Crippen molar-refractivity contribution in [3.63, 3.8) is 0 Å². The van der Waals surface area contributed by atoms with E-state index in [1.54, 1.807) is 0 Å². The smallest absolute Gasteiger partial charge is 1.00 e. The average Bonchev–Trinajstić information content (AvgIpc) is 1.88. The molecule has 1 rings (SSSR count). The Morgan fingerprint density at radius 2 is 1.50 bits per heavy atom. The van der Waals surface area contributed by atoms with Gasteiger partial charge in [0.25, 0.3) is 0 Å². The maximum atomic E-state index is 3.00. The summed E-state index contributed by atoms with van der Waals surface area (Å²) in [5.41, 5.74) is 1.64. The van der Waals surface area contributed by atoms with Crippen molar-refractivity contribution in [3.8, 4) is 0 Å². The van der Waals surface area contributed by atoms with Gasteiger partial charge in [0, 0.05) is 0 Å². The van der Waals surface area contributed by atoms with Gasteiger partial charge in [0.1, 0.15) is 0 Å². The Kier molecular flexibility index (Phi) is 7.48. The summed E-state index contributed by atoms with van der Waals surface area (Å²) in [6, 6.07) is 11.1. The van der Waals surface area contributed by atoms with Crippen molar-refractivity contribution in [2.75, 3.05) is 0 Å². The second kappa shape index (κ2) is 6.00. The number of halogens is 1. The monoisotopic (exact) mass is 236 g/mol. The Bertz CT molecular complexity index is 201. The minimum absolute atomic E-state index is 0. The van der Waals surface area contributed by atoms with Gasteiger partial charge in [0.2, 0.25) is 0 Å². The molecule has 0 amide bonds. The average molecular weight is 237 g/mol. The molecule has 0 aliphatic carbocycles. The minimum atomic E-state index is 0. The molecule has 0 aromatic heterocycles. The molecule has 0 heterocycles. The molecule has 0 unspecified atom stereocenters. The van der Waals surface area contributed by atoms with Crippen LogP contribution in [0.5, 0.6) is 0 Å². The maximum absolute atomic E-state index is 3.00. The summed E-state index contributed by atoms with van der Waals surface area (Å²) in [6.07, 6.45) is 0. The predicted octanol–water partition coefficient (Wildman–Crippen LogP) is -0.593. The quantitative estimate of drug-likeness (QED) is 0.418. The summed E-state index contributed by atoms with van der Waals surface area (Å²) < 4.78 is 0. The molecule has 0 fully saturated rings. The molecule has 1 aromatic rings. The number of hydrogen-bond donors (Lipinski definition) is 0. The van der Waals surface area contributed by atoms with Crippen LogP contribution in [0.3, 0.4) is 0 Å².